The lowest BCUT2D eigenvalue weighted by atomic mass is 10.0. The van der Waals surface area contributed by atoms with Gasteiger partial charge in [0.05, 0.1) is 6.61 Å². The first-order valence-electron chi connectivity index (χ1n) is 4.92. The molecular weight excluding hydrogens is 236 g/mol. The summed E-state index contributed by atoms with van der Waals surface area (Å²) < 4.78 is 15.2. The van der Waals surface area contributed by atoms with Crippen LogP contribution in [-0.4, -0.2) is 52.5 Å². The average molecular weight is 248 g/mol. The third-order valence-electron chi connectivity index (χ3n) is 2.64. The molecule has 0 aliphatic carbocycles. The van der Waals surface area contributed by atoms with Crippen molar-refractivity contribution in [1.29, 1.82) is 0 Å². The van der Waals surface area contributed by atoms with Gasteiger partial charge in [0.2, 0.25) is 0 Å². The predicted octanol–water partition coefficient (Wildman–Crippen LogP) is -1.19. The highest BCUT2D eigenvalue weighted by Crippen LogP contribution is 2.34. The minimum atomic E-state index is -2.74. The number of aliphatic hydroxyl groups is 1. The highest BCUT2D eigenvalue weighted by atomic mass is 17.1. The molecule has 2 saturated heterocycles. The van der Waals surface area contributed by atoms with E-state index in [-0.39, 0.29) is 6.61 Å². The van der Waals surface area contributed by atoms with Crippen molar-refractivity contribution in [3.63, 3.8) is 0 Å². The largest absolute Gasteiger partial charge is 0.447 e. The number of cyclic esters (lactones) is 1. The number of esters is 1. The van der Waals surface area contributed by atoms with E-state index in [9.17, 15) is 14.7 Å². The Morgan fingerprint density at radius 1 is 1.41 bits per heavy atom. The minimum absolute atomic E-state index is 0.0100. The molecule has 8 nitrogen and oxygen atoms in total. The van der Waals surface area contributed by atoms with Gasteiger partial charge in [0.15, 0.2) is 11.9 Å². The average Bonchev–Trinajstić information content (AvgIpc) is 2.72. The molecule has 96 valence electrons. The van der Waals surface area contributed by atoms with Crippen LogP contribution in [0.15, 0.2) is 0 Å². The molecule has 0 aromatic carbocycles. The van der Waals surface area contributed by atoms with E-state index in [0.29, 0.717) is 0 Å². The van der Waals surface area contributed by atoms with Crippen molar-refractivity contribution in [2.24, 2.45) is 0 Å². The highest BCUT2D eigenvalue weighted by Gasteiger charge is 2.63. The van der Waals surface area contributed by atoms with Gasteiger partial charge in [0.1, 0.15) is 6.10 Å². The van der Waals surface area contributed by atoms with E-state index in [2.05, 4.69) is 9.62 Å². The van der Waals surface area contributed by atoms with E-state index >= 15 is 0 Å². The zero-order chi connectivity index (χ0) is 12.8. The second-order valence-electron chi connectivity index (χ2n) is 4.31. The smallest absolute Gasteiger partial charge is 0.381 e. The standard InChI is InChI=1S/C9H12O8/c1-8(2)14-3-4(16-8)6-9(12,17-13)5(10)7(11)15-6/h4,6,12-13H,3H2,1-2H3. The Balaban J connectivity index is 2.22. The number of ketones is 1. The molecule has 3 unspecified atom stereocenters. The van der Waals surface area contributed by atoms with Crippen LogP contribution in [0.5, 0.6) is 0 Å². The minimum Gasteiger partial charge on any atom is -0.447 e. The molecule has 0 radical (unpaired) electrons. The lowest BCUT2D eigenvalue weighted by molar-refractivity contribution is -0.391. The van der Waals surface area contributed by atoms with Crippen molar-refractivity contribution in [3.05, 3.63) is 0 Å². The molecule has 2 aliphatic heterocycles. The van der Waals surface area contributed by atoms with Crippen LogP contribution in [0, 0.1) is 0 Å². The van der Waals surface area contributed by atoms with Crippen molar-refractivity contribution in [2.45, 2.75) is 37.6 Å². The van der Waals surface area contributed by atoms with Gasteiger partial charge in [-0.25, -0.2) is 10.1 Å². The summed E-state index contributed by atoms with van der Waals surface area (Å²) in [7, 11) is 0. The number of hydrogen-bond acceptors (Lipinski definition) is 8. The van der Waals surface area contributed by atoms with Gasteiger partial charge >= 0.3 is 17.5 Å². The number of carbonyl (C=O) groups excluding carboxylic acids is 2. The van der Waals surface area contributed by atoms with Gasteiger partial charge in [-0.3, -0.25) is 4.79 Å². The van der Waals surface area contributed by atoms with Crippen LogP contribution in [0.2, 0.25) is 0 Å². The molecule has 2 aliphatic rings. The molecular formula is C9H12O8. The third-order valence-corrected chi connectivity index (χ3v) is 2.64. The zero-order valence-electron chi connectivity index (χ0n) is 9.21. The Hall–Kier alpha value is -1.06. The van der Waals surface area contributed by atoms with E-state index in [1.807, 2.05) is 0 Å². The Bertz CT molecular complexity index is 364. The number of rotatable bonds is 2. The summed E-state index contributed by atoms with van der Waals surface area (Å²) in [4.78, 5) is 26.0. The zero-order valence-corrected chi connectivity index (χ0v) is 9.21. The van der Waals surface area contributed by atoms with Gasteiger partial charge in [-0.15, -0.1) is 0 Å². The number of ether oxygens (including phenoxy) is 3. The first-order chi connectivity index (χ1) is 7.80. The predicted molar refractivity (Wildman–Crippen MR) is 48.5 cm³/mol. The Morgan fingerprint density at radius 2 is 2.06 bits per heavy atom. The monoisotopic (exact) mass is 248 g/mol. The number of carbonyl (C=O) groups is 2. The molecule has 0 spiro atoms. The molecule has 0 amide bonds. The first kappa shape index (κ1) is 12.4. The summed E-state index contributed by atoms with van der Waals surface area (Å²) in [5.74, 6) is -6.34. The van der Waals surface area contributed by atoms with Gasteiger partial charge < -0.3 is 19.3 Å². The van der Waals surface area contributed by atoms with Gasteiger partial charge in [-0.05, 0) is 13.8 Å². The van der Waals surface area contributed by atoms with Crippen LogP contribution in [0.1, 0.15) is 13.8 Å². The van der Waals surface area contributed by atoms with Gasteiger partial charge in [-0.1, -0.05) is 0 Å². The SMILES string of the molecule is CC1(C)OCC(C2OC(=O)C(=O)C2(O)OO)O1. The maximum atomic E-state index is 11.3. The highest BCUT2D eigenvalue weighted by molar-refractivity contribution is 6.38. The molecule has 2 heterocycles. The van der Waals surface area contributed by atoms with Crippen LogP contribution in [0.3, 0.4) is 0 Å². The lowest BCUT2D eigenvalue weighted by Crippen LogP contribution is -2.52. The molecule has 2 rings (SSSR count). The van der Waals surface area contributed by atoms with Crippen molar-refractivity contribution in [3.8, 4) is 0 Å². The second-order valence-corrected chi connectivity index (χ2v) is 4.31. The fourth-order valence-electron chi connectivity index (χ4n) is 1.81. The Labute approximate surface area is 95.9 Å². The van der Waals surface area contributed by atoms with Crippen LogP contribution in [0.4, 0.5) is 0 Å². The van der Waals surface area contributed by atoms with E-state index in [0.717, 1.165) is 0 Å². The summed E-state index contributed by atoms with van der Waals surface area (Å²) >= 11 is 0. The van der Waals surface area contributed by atoms with E-state index < -0.39 is 35.5 Å². The van der Waals surface area contributed by atoms with E-state index in [1.165, 1.54) is 0 Å². The van der Waals surface area contributed by atoms with Crippen molar-refractivity contribution in [2.75, 3.05) is 6.61 Å². The van der Waals surface area contributed by atoms with Crippen molar-refractivity contribution >= 4 is 11.8 Å². The molecule has 17 heavy (non-hydrogen) atoms. The summed E-state index contributed by atoms with van der Waals surface area (Å²) in [6.07, 6.45) is -2.37. The third kappa shape index (κ3) is 1.83. The fourth-order valence-corrected chi connectivity index (χ4v) is 1.81. The Kier molecular flexibility index (Phi) is 2.71. The van der Waals surface area contributed by atoms with Crippen LogP contribution in [0.25, 0.3) is 0 Å². The molecule has 0 aromatic rings. The van der Waals surface area contributed by atoms with Crippen LogP contribution in [-0.2, 0) is 28.7 Å². The summed E-state index contributed by atoms with van der Waals surface area (Å²) in [6.45, 7) is 3.22. The first-order valence-corrected chi connectivity index (χ1v) is 4.92. The molecule has 0 bridgehead atoms. The topological polar surface area (TPSA) is 112 Å². The van der Waals surface area contributed by atoms with Crippen molar-refractivity contribution in [1.82, 2.24) is 0 Å². The fraction of sp³-hybridized carbons (Fsp3) is 0.778. The van der Waals surface area contributed by atoms with E-state index in [4.69, 9.17) is 14.7 Å². The van der Waals surface area contributed by atoms with Gasteiger partial charge in [0, 0.05) is 0 Å². The summed E-state index contributed by atoms with van der Waals surface area (Å²) in [5.41, 5.74) is 0. The lowest BCUT2D eigenvalue weighted by Gasteiger charge is -2.26. The molecule has 0 aromatic heterocycles. The number of hydrogen-bond donors (Lipinski definition) is 2. The molecule has 2 fully saturated rings. The molecule has 3 atom stereocenters. The maximum absolute atomic E-state index is 11.3. The molecule has 8 heteroatoms. The summed E-state index contributed by atoms with van der Waals surface area (Å²) in [5, 5.41) is 18.3. The second kappa shape index (κ2) is 3.72. The molecule has 0 saturated carbocycles. The normalized spacial score (nSPS) is 40.7. The van der Waals surface area contributed by atoms with Crippen molar-refractivity contribution < 1.29 is 39.1 Å². The van der Waals surface area contributed by atoms with Gasteiger partial charge in [-0.2, -0.15) is 4.89 Å². The van der Waals surface area contributed by atoms with Crippen LogP contribution < -0.4 is 0 Å². The molecule has 2 N–H and O–H groups in total. The maximum Gasteiger partial charge on any atom is 0.381 e. The Morgan fingerprint density at radius 3 is 2.53 bits per heavy atom. The van der Waals surface area contributed by atoms with E-state index in [1.54, 1.807) is 13.8 Å². The quantitative estimate of drug-likeness (QED) is 0.206. The van der Waals surface area contributed by atoms with Crippen LogP contribution >= 0.6 is 0 Å². The number of Topliss-reactive ketones (excluding diaryl/α,β-unsaturated/α-hetero) is 1. The summed E-state index contributed by atoms with van der Waals surface area (Å²) in [6, 6.07) is 0. The van der Waals surface area contributed by atoms with Gasteiger partial charge in [0.25, 0.3) is 0 Å².